The average molecular weight is 475 g/mol. The van der Waals surface area contributed by atoms with Crippen molar-refractivity contribution in [3.05, 3.63) is 85.9 Å². The number of rotatable bonds is 6. The molecular formula is C26H22N2O3S2. The van der Waals surface area contributed by atoms with Gasteiger partial charge in [-0.05, 0) is 65.4 Å². The van der Waals surface area contributed by atoms with E-state index in [0.29, 0.717) is 12.1 Å². The van der Waals surface area contributed by atoms with Crippen molar-refractivity contribution >= 4 is 57.1 Å². The average Bonchev–Trinajstić information content (AvgIpc) is 3.54. The first kappa shape index (κ1) is 21.6. The number of para-hydroxylation sites is 1. The smallest absolute Gasteiger partial charge is 0.339 e. The number of aromatic nitrogens is 1. The van der Waals surface area contributed by atoms with E-state index in [2.05, 4.69) is 22.8 Å². The van der Waals surface area contributed by atoms with Gasteiger partial charge in [-0.3, -0.25) is 4.79 Å². The van der Waals surface area contributed by atoms with Crippen LogP contribution in [0.15, 0.2) is 59.3 Å². The Morgan fingerprint density at radius 2 is 1.88 bits per heavy atom. The summed E-state index contributed by atoms with van der Waals surface area (Å²) in [7, 11) is 0. The van der Waals surface area contributed by atoms with Gasteiger partial charge in [0.05, 0.1) is 23.3 Å². The predicted molar refractivity (Wildman–Crippen MR) is 133 cm³/mol. The number of carbonyl (C=O) groups is 2. The molecule has 1 aliphatic rings. The van der Waals surface area contributed by atoms with E-state index in [-0.39, 0.29) is 12.5 Å². The van der Waals surface area contributed by atoms with Crippen molar-refractivity contribution in [2.45, 2.75) is 25.8 Å². The van der Waals surface area contributed by atoms with E-state index >= 15 is 0 Å². The van der Waals surface area contributed by atoms with Gasteiger partial charge in [-0.2, -0.15) is 0 Å². The number of allylic oxidation sites excluding steroid dienone is 1. The Kier molecular flexibility index (Phi) is 6.32. The van der Waals surface area contributed by atoms with Gasteiger partial charge in [0, 0.05) is 15.1 Å². The SMILES string of the molecule is O=C(COC(=O)c1c2c(nc3ccccc13)C(=Cc1cccs1)CCC2)NCc1cccs1. The fourth-order valence-electron chi connectivity index (χ4n) is 4.11. The number of fused-ring (bicyclic) bond motifs is 2. The highest BCUT2D eigenvalue weighted by molar-refractivity contribution is 7.11. The first-order valence-electron chi connectivity index (χ1n) is 10.8. The van der Waals surface area contributed by atoms with Crippen LogP contribution >= 0.6 is 22.7 Å². The number of amides is 1. The molecule has 1 N–H and O–H groups in total. The third-order valence-electron chi connectivity index (χ3n) is 5.61. The van der Waals surface area contributed by atoms with Gasteiger partial charge in [0.1, 0.15) is 0 Å². The second-order valence-corrected chi connectivity index (χ2v) is 9.81. The third kappa shape index (κ3) is 4.74. The molecule has 0 spiro atoms. The van der Waals surface area contributed by atoms with Crippen LogP contribution in [-0.2, 0) is 22.5 Å². The Bertz CT molecular complexity index is 1330. The standard InChI is InChI=1S/C26H22N2O3S2/c29-23(27-15-19-8-5-13-33-19)16-31-26(30)24-20-9-1-2-11-22(20)28-25-17(6-3-10-21(24)25)14-18-7-4-12-32-18/h1-2,4-5,7-9,11-14H,3,6,10,15-16H2,(H,27,29). The van der Waals surface area contributed by atoms with E-state index in [1.165, 1.54) is 4.88 Å². The zero-order chi connectivity index (χ0) is 22.6. The Morgan fingerprint density at radius 1 is 1.03 bits per heavy atom. The van der Waals surface area contributed by atoms with E-state index in [1.54, 1.807) is 22.7 Å². The van der Waals surface area contributed by atoms with Gasteiger partial charge in [-0.15, -0.1) is 22.7 Å². The summed E-state index contributed by atoms with van der Waals surface area (Å²) in [5, 5.41) is 7.57. The first-order chi connectivity index (χ1) is 16.2. The molecule has 1 amide bonds. The van der Waals surface area contributed by atoms with E-state index < -0.39 is 5.97 Å². The molecule has 33 heavy (non-hydrogen) atoms. The summed E-state index contributed by atoms with van der Waals surface area (Å²) in [4.78, 5) is 32.6. The predicted octanol–water partition coefficient (Wildman–Crippen LogP) is 5.71. The van der Waals surface area contributed by atoms with E-state index in [4.69, 9.17) is 9.72 Å². The molecule has 3 heterocycles. The number of hydrogen-bond acceptors (Lipinski definition) is 6. The number of nitrogens with zero attached hydrogens (tertiary/aromatic N) is 1. The third-order valence-corrected chi connectivity index (χ3v) is 7.30. The lowest BCUT2D eigenvalue weighted by Gasteiger charge is -2.22. The summed E-state index contributed by atoms with van der Waals surface area (Å²) >= 11 is 3.25. The Balaban J connectivity index is 1.43. The van der Waals surface area contributed by atoms with Crippen LogP contribution in [0.5, 0.6) is 0 Å². The molecule has 5 nitrogen and oxygen atoms in total. The highest BCUT2D eigenvalue weighted by Crippen LogP contribution is 2.36. The molecule has 1 aliphatic carbocycles. The maximum absolute atomic E-state index is 13.2. The quantitative estimate of drug-likeness (QED) is 0.364. The van der Waals surface area contributed by atoms with Gasteiger partial charge in [-0.1, -0.05) is 30.3 Å². The van der Waals surface area contributed by atoms with Gasteiger partial charge in [0.15, 0.2) is 6.61 Å². The van der Waals surface area contributed by atoms with E-state index in [1.807, 2.05) is 47.8 Å². The van der Waals surface area contributed by atoms with Crippen LogP contribution in [-0.4, -0.2) is 23.5 Å². The lowest BCUT2D eigenvalue weighted by Crippen LogP contribution is -2.28. The lowest BCUT2D eigenvalue weighted by atomic mass is 9.86. The van der Waals surface area contributed by atoms with Crippen LogP contribution in [0.3, 0.4) is 0 Å². The molecule has 0 fully saturated rings. The van der Waals surface area contributed by atoms with Crippen LogP contribution in [0.25, 0.3) is 22.6 Å². The number of benzene rings is 1. The van der Waals surface area contributed by atoms with Gasteiger partial charge >= 0.3 is 5.97 Å². The van der Waals surface area contributed by atoms with Gasteiger partial charge in [0.2, 0.25) is 0 Å². The Labute approximate surface area is 199 Å². The summed E-state index contributed by atoms with van der Waals surface area (Å²) in [5.74, 6) is -0.796. The minimum absolute atomic E-state index is 0.312. The molecule has 0 unspecified atom stereocenters. The maximum atomic E-state index is 13.2. The van der Waals surface area contributed by atoms with Crippen molar-refractivity contribution in [2.75, 3.05) is 6.61 Å². The zero-order valence-electron chi connectivity index (χ0n) is 17.9. The van der Waals surface area contributed by atoms with Crippen molar-refractivity contribution in [2.24, 2.45) is 0 Å². The topological polar surface area (TPSA) is 68.3 Å². The molecule has 5 rings (SSSR count). The van der Waals surface area contributed by atoms with Crippen LogP contribution < -0.4 is 5.32 Å². The van der Waals surface area contributed by atoms with Gasteiger partial charge in [-0.25, -0.2) is 9.78 Å². The number of hydrogen-bond donors (Lipinski definition) is 1. The summed E-state index contributed by atoms with van der Waals surface area (Å²) in [6, 6.07) is 15.6. The molecule has 0 aliphatic heterocycles. The van der Waals surface area contributed by atoms with Crippen molar-refractivity contribution in [3.63, 3.8) is 0 Å². The number of esters is 1. The summed E-state index contributed by atoms with van der Waals surface area (Å²) in [6.07, 6.45) is 4.77. The summed E-state index contributed by atoms with van der Waals surface area (Å²) < 4.78 is 5.48. The summed E-state index contributed by atoms with van der Waals surface area (Å²) in [6.45, 7) is 0.117. The zero-order valence-corrected chi connectivity index (χ0v) is 19.5. The molecule has 0 saturated heterocycles. The second kappa shape index (κ2) is 9.68. The monoisotopic (exact) mass is 474 g/mol. The fourth-order valence-corrected chi connectivity index (χ4v) is 5.43. The van der Waals surface area contributed by atoms with Gasteiger partial charge < -0.3 is 10.1 Å². The van der Waals surface area contributed by atoms with Crippen molar-refractivity contribution < 1.29 is 14.3 Å². The van der Waals surface area contributed by atoms with Crippen LogP contribution in [0.2, 0.25) is 0 Å². The van der Waals surface area contributed by atoms with Crippen LogP contribution in [0.4, 0.5) is 0 Å². The first-order valence-corrected chi connectivity index (χ1v) is 12.6. The minimum Gasteiger partial charge on any atom is -0.452 e. The molecule has 0 bridgehead atoms. The number of ether oxygens (including phenoxy) is 1. The van der Waals surface area contributed by atoms with Crippen molar-refractivity contribution in [1.29, 1.82) is 0 Å². The van der Waals surface area contributed by atoms with Gasteiger partial charge in [0.25, 0.3) is 5.91 Å². The molecule has 4 aromatic rings. The number of thiophene rings is 2. The van der Waals surface area contributed by atoms with E-state index in [0.717, 1.165) is 51.9 Å². The van der Waals surface area contributed by atoms with E-state index in [9.17, 15) is 9.59 Å². The minimum atomic E-state index is -0.478. The lowest BCUT2D eigenvalue weighted by molar-refractivity contribution is -0.124. The largest absolute Gasteiger partial charge is 0.452 e. The second-order valence-electron chi connectivity index (χ2n) is 7.80. The number of pyridine rings is 1. The maximum Gasteiger partial charge on any atom is 0.339 e. The number of carbonyl (C=O) groups excluding carboxylic acids is 2. The highest BCUT2D eigenvalue weighted by Gasteiger charge is 2.26. The molecule has 0 radical (unpaired) electrons. The van der Waals surface area contributed by atoms with Crippen LogP contribution in [0, 0.1) is 0 Å². The molecule has 1 aromatic carbocycles. The molecule has 166 valence electrons. The molecule has 3 aromatic heterocycles. The van der Waals surface area contributed by atoms with Crippen molar-refractivity contribution in [3.8, 4) is 0 Å². The Hall–Kier alpha value is -3.29. The molecular weight excluding hydrogens is 452 g/mol. The van der Waals surface area contributed by atoms with Crippen LogP contribution in [0.1, 0.15) is 44.2 Å². The molecule has 7 heteroatoms. The van der Waals surface area contributed by atoms with Crippen molar-refractivity contribution in [1.82, 2.24) is 10.3 Å². The Morgan fingerprint density at radius 3 is 2.70 bits per heavy atom. The fraction of sp³-hybridized carbons (Fsp3) is 0.192. The summed E-state index contributed by atoms with van der Waals surface area (Å²) in [5.41, 5.74) is 4.18. The highest BCUT2D eigenvalue weighted by atomic mass is 32.1. The molecule has 0 saturated carbocycles. The normalized spacial score (nSPS) is 14.2. The molecule has 0 atom stereocenters. The number of nitrogens with one attached hydrogen (secondary N) is 1.